The van der Waals surface area contributed by atoms with Crippen LogP contribution in [0.2, 0.25) is 0 Å². The molecule has 142 valence electrons. The molecule has 0 aliphatic carbocycles. The summed E-state index contributed by atoms with van der Waals surface area (Å²) in [6.45, 7) is 1.48. The van der Waals surface area contributed by atoms with Crippen LogP contribution in [0.15, 0.2) is 39.8 Å². The molecule has 1 aromatic heterocycles. The first kappa shape index (κ1) is 19.0. The number of aromatic nitrogens is 1. The fraction of sp³-hybridized carbons (Fsp3) is 0.333. The number of aryl methyl sites for hydroxylation is 1. The first-order valence-corrected chi connectivity index (χ1v) is 9.53. The van der Waals surface area contributed by atoms with Gasteiger partial charge >= 0.3 is 5.97 Å². The van der Waals surface area contributed by atoms with Crippen molar-refractivity contribution in [3.8, 4) is 0 Å². The highest BCUT2D eigenvalue weighted by Gasteiger charge is 2.36. The molecule has 2 amide bonds. The summed E-state index contributed by atoms with van der Waals surface area (Å²) in [7, 11) is 0. The lowest BCUT2D eigenvalue weighted by atomic mass is 10.1. The van der Waals surface area contributed by atoms with Gasteiger partial charge < -0.3 is 19.5 Å². The molecule has 2 heterocycles. The van der Waals surface area contributed by atoms with Crippen LogP contribution in [0, 0.1) is 12.8 Å². The van der Waals surface area contributed by atoms with Crippen molar-refractivity contribution >= 4 is 41.1 Å². The first-order chi connectivity index (χ1) is 13.0. The van der Waals surface area contributed by atoms with Crippen molar-refractivity contribution in [3.63, 3.8) is 0 Å². The van der Waals surface area contributed by atoms with Crippen LogP contribution in [0.4, 0.5) is 11.5 Å². The molecule has 1 aromatic carbocycles. The Balaban J connectivity index is 1.53. The summed E-state index contributed by atoms with van der Waals surface area (Å²) >= 11 is 1.58. The van der Waals surface area contributed by atoms with E-state index in [4.69, 9.17) is 9.26 Å². The Kier molecular flexibility index (Phi) is 5.80. The Morgan fingerprint density at radius 2 is 2.22 bits per heavy atom. The zero-order valence-corrected chi connectivity index (χ0v) is 15.7. The lowest BCUT2D eigenvalue weighted by Crippen LogP contribution is -2.28. The van der Waals surface area contributed by atoms with Crippen molar-refractivity contribution in [2.45, 2.75) is 18.2 Å². The van der Waals surface area contributed by atoms with Crippen LogP contribution in [0.25, 0.3) is 0 Å². The predicted octanol–water partition coefficient (Wildman–Crippen LogP) is 2.24. The molecule has 3 rings (SSSR count). The normalized spacial score (nSPS) is 16.4. The maximum Gasteiger partial charge on any atom is 0.311 e. The van der Waals surface area contributed by atoms with Crippen molar-refractivity contribution in [2.24, 2.45) is 5.92 Å². The molecule has 1 fully saturated rings. The number of carbonyl (C=O) groups excluding carboxylic acids is 3. The Morgan fingerprint density at radius 3 is 2.93 bits per heavy atom. The zero-order valence-electron chi connectivity index (χ0n) is 14.9. The number of nitrogens with one attached hydrogen (secondary N) is 1. The van der Waals surface area contributed by atoms with Gasteiger partial charge in [-0.25, -0.2) is 0 Å². The molecular weight excluding hydrogens is 370 g/mol. The van der Waals surface area contributed by atoms with E-state index in [1.54, 1.807) is 29.7 Å². The third-order valence-corrected chi connectivity index (χ3v) is 4.79. The summed E-state index contributed by atoms with van der Waals surface area (Å²) < 4.78 is 9.89. The average Bonchev–Trinajstić information content (AvgIpc) is 3.25. The van der Waals surface area contributed by atoms with E-state index in [2.05, 4.69) is 10.5 Å². The van der Waals surface area contributed by atoms with Crippen molar-refractivity contribution in [3.05, 3.63) is 36.1 Å². The van der Waals surface area contributed by atoms with Gasteiger partial charge in [0.05, 0.1) is 5.92 Å². The molecule has 0 unspecified atom stereocenters. The average molecular weight is 389 g/mol. The summed E-state index contributed by atoms with van der Waals surface area (Å²) in [5.41, 5.74) is 0.751. The van der Waals surface area contributed by atoms with E-state index in [9.17, 15) is 14.4 Å². The molecular formula is C18H19N3O5S. The third-order valence-electron chi connectivity index (χ3n) is 4.06. The summed E-state index contributed by atoms with van der Waals surface area (Å²) in [6, 6.07) is 9.11. The number of amides is 2. The highest BCUT2D eigenvalue weighted by molar-refractivity contribution is 7.98. The fourth-order valence-corrected chi connectivity index (χ4v) is 3.21. The zero-order chi connectivity index (χ0) is 19.4. The van der Waals surface area contributed by atoms with Gasteiger partial charge in [-0.05, 0) is 31.4 Å². The van der Waals surface area contributed by atoms with Gasteiger partial charge in [0, 0.05) is 29.6 Å². The second-order valence-electron chi connectivity index (χ2n) is 6.09. The molecule has 2 aromatic rings. The fourth-order valence-electron chi connectivity index (χ4n) is 2.75. The minimum absolute atomic E-state index is 0.0619. The Morgan fingerprint density at radius 1 is 1.41 bits per heavy atom. The van der Waals surface area contributed by atoms with E-state index in [1.807, 2.05) is 30.5 Å². The van der Waals surface area contributed by atoms with Gasteiger partial charge in [0.2, 0.25) is 5.91 Å². The van der Waals surface area contributed by atoms with Crippen molar-refractivity contribution < 1.29 is 23.6 Å². The smallest absolute Gasteiger partial charge is 0.311 e. The number of hydrogen-bond donors (Lipinski definition) is 1. The molecule has 1 atom stereocenters. The van der Waals surface area contributed by atoms with E-state index in [0.717, 1.165) is 10.6 Å². The van der Waals surface area contributed by atoms with Crippen LogP contribution < -0.4 is 10.2 Å². The number of anilines is 2. The molecule has 1 aliphatic heterocycles. The van der Waals surface area contributed by atoms with Crippen LogP contribution in [0.3, 0.4) is 0 Å². The predicted molar refractivity (Wildman–Crippen MR) is 99.5 cm³/mol. The molecule has 1 aliphatic rings. The number of thioether (sulfide) groups is 1. The number of rotatable bonds is 6. The molecule has 1 N–H and O–H groups in total. The minimum Gasteiger partial charge on any atom is -0.455 e. The molecule has 8 nitrogen and oxygen atoms in total. The Bertz CT molecular complexity index is 866. The maximum atomic E-state index is 12.3. The monoisotopic (exact) mass is 389 g/mol. The van der Waals surface area contributed by atoms with Crippen LogP contribution in [0.5, 0.6) is 0 Å². The number of carbonyl (C=O) groups is 3. The van der Waals surface area contributed by atoms with Crippen LogP contribution in [0.1, 0.15) is 12.2 Å². The van der Waals surface area contributed by atoms with Gasteiger partial charge in [-0.15, -0.1) is 11.8 Å². The van der Waals surface area contributed by atoms with Gasteiger partial charge in [-0.2, -0.15) is 0 Å². The summed E-state index contributed by atoms with van der Waals surface area (Å²) in [6.07, 6.45) is 2.02. The molecule has 0 saturated carbocycles. The van der Waals surface area contributed by atoms with Crippen LogP contribution in [-0.4, -0.2) is 42.3 Å². The van der Waals surface area contributed by atoms with E-state index >= 15 is 0 Å². The topological polar surface area (TPSA) is 102 Å². The number of benzene rings is 1. The Hall–Kier alpha value is -2.81. The molecule has 27 heavy (non-hydrogen) atoms. The van der Waals surface area contributed by atoms with Crippen LogP contribution >= 0.6 is 11.8 Å². The van der Waals surface area contributed by atoms with Crippen LogP contribution in [-0.2, 0) is 19.1 Å². The van der Waals surface area contributed by atoms with E-state index < -0.39 is 24.4 Å². The van der Waals surface area contributed by atoms with E-state index in [0.29, 0.717) is 5.76 Å². The minimum atomic E-state index is -0.600. The van der Waals surface area contributed by atoms with Gasteiger partial charge in [0.25, 0.3) is 5.91 Å². The third kappa shape index (κ3) is 4.68. The van der Waals surface area contributed by atoms with E-state index in [1.165, 1.54) is 0 Å². The van der Waals surface area contributed by atoms with Crippen molar-refractivity contribution in [2.75, 3.05) is 29.6 Å². The molecule has 0 radical (unpaired) electrons. The van der Waals surface area contributed by atoms with E-state index in [-0.39, 0.29) is 24.7 Å². The van der Waals surface area contributed by atoms with Gasteiger partial charge in [-0.3, -0.25) is 14.4 Å². The van der Waals surface area contributed by atoms with Crippen molar-refractivity contribution in [1.82, 2.24) is 5.16 Å². The molecule has 9 heteroatoms. The van der Waals surface area contributed by atoms with Gasteiger partial charge in [0.1, 0.15) is 5.76 Å². The number of esters is 1. The largest absolute Gasteiger partial charge is 0.455 e. The maximum absolute atomic E-state index is 12.3. The molecule has 0 spiro atoms. The quantitative estimate of drug-likeness (QED) is 0.597. The Labute approximate surface area is 160 Å². The number of hydrogen-bond acceptors (Lipinski definition) is 7. The summed E-state index contributed by atoms with van der Waals surface area (Å²) in [5, 5.41) is 6.09. The molecule has 0 bridgehead atoms. The first-order valence-electron chi connectivity index (χ1n) is 8.30. The van der Waals surface area contributed by atoms with Gasteiger partial charge in [0.15, 0.2) is 12.4 Å². The highest BCUT2D eigenvalue weighted by Crippen LogP contribution is 2.28. The highest BCUT2D eigenvalue weighted by atomic mass is 32.2. The second-order valence-corrected chi connectivity index (χ2v) is 6.97. The number of nitrogens with zero attached hydrogens (tertiary/aromatic N) is 2. The summed E-state index contributed by atoms with van der Waals surface area (Å²) in [5.74, 6) is -1.03. The SMILES string of the molecule is CSc1cccc(N2C[C@@H](C(=O)OCC(=O)Nc3cc(C)on3)CC2=O)c1. The van der Waals surface area contributed by atoms with Gasteiger partial charge in [-0.1, -0.05) is 11.2 Å². The second kappa shape index (κ2) is 8.26. The lowest BCUT2D eigenvalue weighted by Gasteiger charge is -2.17. The number of ether oxygens (including phenoxy) is 1. The molecule has 1 saturated heterocycles. The van der Waals surface area contributed by atoms with Crippen molar-refractivity contribution in [1.29, 1.82) is 0 Å². The summed E-state index contributed by atoms with van der Waals surface area (Å²) in [4.78, 5) is 38.9. The lowest BCUT2D eigenvalue weighted by molar-refractivity contribution is -0.151. The standard InChI is InChI=1S/C18H19N3O5S/c1-11-6-15(20-26-11)19-16(22)10-25-18(24)12-7-17(23)21(9-12)13-4-3-5-14(8-13)27-2/h3-6,8,12H,7,9-10H2,1-2H3,(H,19,20,22)/t12-/m0/s1.